The van der Waals surface area contributed by atoms with Crippen LogP contribution in [0.3, 0.4) is 0 Å². The van der Waals surface area contributed by atoms with Gasteiger partial charge in [0, 0.05) is 24.5 Å². The Morgan fingerprint density at radius 3 is 2.48 bits per heavy atom. The molecule has 0 atom stereocenters. The highest BCUT2D eigenvalue weighted by molar-refractivity contribution is 7.92. The molecule has 0 aliphatic heterocycles. The third-order valence-electron chi connectivity index (χ3n) is 3.62. The van der Waals surface area contributed by atoms with Crippen LogP contribution >= 0.6 is 11.6 Å². The van der Waals surface area contributed by atoms with Crippen molar-refractivity contribution in [3.8, 4) is 0 Å². The van der Waals surface area contributed by atoms with Crippen molar-refractivity contribution in [3.63, 3.8) is 0 Å². The number of nitrogens with zero attached hydrogens (tertiary/aromatic N) is 1. The van der Waals surface area contributed by atoms with Gasteiger partial charge in [0.2, 0.25) is 15.9 Å². The van der Waals surface area contributed by atoms with Gasteiger partial charge in [-0.25, -0.2) is 8.42 Å². The normalized spacial score (nSPS) is 11.1. The molecule has 1 amide bonds. The smallest absolute Gasteiger partial charge is 0.232 e. The summed E-state index contributed by atoms with van der Waals surface area (Å²) in [5.74, 6) is -0.188. The van der Waals surface area contributed by atoms with E-state index in [1.165, 1.54) is 4.31 Å². The van der Waals surface area contributed by atoms with Crippen molar-refractivity contribution in [2.45, 2.75) is 12.8 Å². The average Bonchev–Trinajstić information content (AvgIpc) is 2.55. The molecule has 0 unspecified atom stereocenters. The van der Waals surface area contributed by atoms with E-state index in [4.69, 9.17) is 11.6 Å². The molecule has 25 heavy (non-hydrogen) atoms. The van der Waals surface area contributed by atoms with Crippen LogP contribution in [0.4, 0.5) is 5.69 Å². The topological polar surface area (TPSA) is 66.5 Å². The minimum absolute atomic E-state index is 0.0658. The van der Waals surface area contributed by atoms with Gasteiger partial charge in [-0.05, 0) is 30.2 Å². The fourth-order valence-corrected chi connectivity index (χ4v) is 3.50. The van der Waals surface area contributed by atoms with Crippen LogP contribution in [-0.4, -0.2) is 33.7 Å². The van der Waals surface area contributed by atoms with Crippen molar-refractivity contribution in [2.75, 3.05) is 23.7 Å². The van der Waals surface area contributed by atoms with E-state index < -0.39 is 10.0 Å². The van der Waals surface area contributed by atoms with Gasteiger partial charge in [-0.3, -0.25) is 9.10 Å². The van der Waals surface area contributed by atoms with Crippen molar-refractivity contribution in [1.82, 2.24) is 5.32 Å². The second-order valence-electron chi connectivity index (χ2n) is 5.65. The van der Waals surface area contributed by atoms with Gasteiger partial charge < -0.3 is 5.32 Å². The Balaban J connectivity index is 1.89. The van der Waals surface area contributed by atoms with E-state index in [2.05, 4.69) is 5.32 Å². The molecule has 0 saturated heterocycles. The van der Waals surface area contributed by atoms with Crippen molar-refractivity contribution in [3.05, 3.63) is 65.2 Å². The summed E-state index contributed by atoms with van der Waals surface area (Å²) in [7, 11) is -3.50. The highest BCUT2D eigenvalue weighted by atomic mass is 35.5. The van der Waals surface area contributed by atoms with Crippen LogP contribution in [-0.2, 0) is 21.2 Å². The zero-order valence-electron chi connectivity index (χ0n) is 14.0. The fraction of sp³-hybridized carbons (Fsp3) is 0.278. The minimum Gasteiger partial charge on any atom is -0.356 e. The van der Waals surface area contributed by atoms with E-state index in [1.54, 1.807) is 24.3 Å². The van der Waals surface area contributed by atoms with Gasteiger partial charge in [0.1, 0.15) is 0 Å². The molecule has 0 aliphatic rings. The molecule has 0 radical (unpaired) electrons. The molecular formula is C18H21ClN2O3S. The predicted octanol–water partition coefficient (Wildman–Crippen LogP) is 2.86. The zero-order valence-corrected chi connectivity index (χ0v) is 15.6. The maximum atomic E-state index is 12.0. The number of nitrogens with one attached hydrogen (secondary N) is 1. The summed E-state index contributed by atoms with van der Waals surface area (Å²) in [6, 6.07) is 16.4. The number of anilines is 1. The van der Waals surface area contributed by atoms with Gasteiger partial charge in [-0.15, -0.1) is 0 Å². The summed E-state index contributed by atoms with van der Waals surface area (Å²) in [5, 5.41) is 3.26. The van der Waals surface area contributed by atoms with Crippen LogP contribution in [0, 0.1) is 0 Å². The summed E-state index contributed by atoms with van der Waals surface area (Å²) in [4.78, 5) is 12.0. The van der Waals surface area contributed by atoms with E-state index in [0.717, 1.165) is 18.2 Å². The van der Waals surface area contributed by atoms with Crippen molar-refractivity contribution in [2.24, 2.45) is 0 Å². The van der Waals surface area contributed by atoms with Crippen LogP contribution in [0.15, 0.2) is 54.6 Å². The number of halogens is 1. The van der Waals surface area contributed by atoms with Crippen molar-refractivity contribution >= 4 is 33.2 Å². The molecule has 0 saturated carbocycles. The first-order valence-electron chi connectivity index (χ1n) is 7.90. The lowest BCUT2D eigenvalue weighted by molar-refractivity contribution is -0.120. The lowest BCUT2D eigenvalue weighted by Gasteiger charge is -2.22. The van der Waals surface area contributed by atoms with Gasteiger partial charge in [0.05, 0.1) is 11.9 Å². The number of carbonyl (C=O) groups excluding carboxylic acids is 1. The molecular weight excluding hydrogens is 360 g/mol. The van der Waals surface area contributed by atoms with Crippen LogP contribution in [0.25, 0.3) is 0 Å². The zero-order chi connectivity index (χ0) is 18.3. The van der Waals surface area contributed by atoms with Crippen molar-refractivity contribution in [1.29, 1.82) is 0 Å². The van der Waals surface area contributed by atoms with Gasteiger partial charge in [0.25, 0.3) is 0 Å². The van der Waals surface area contributed by atoms with Crippen LogP contribution in [0.2, 0.25) is 5.02 Å². The molecule has 0 fully saturated rings. The lowest BCUT2D eigenvalue weighted by Crippen LogP contribution is -2.35. The first kappa shape index (κ1) is 19.3. The van der Waals surface area contributed by atoms with Crippen molar-refractivity contribution < 1.29 is 13.2 Å². The molecule has 5 nitrogen and oxygen atoms in total. The molecule has 0 heterocycles. The minimum atomic E-state index is -3.50. The van der Waals surface area contributed by atoms with Crippen LogP contribution in [0.5, 0.6) is 0 Å². The van der Waals surface area contributed by atoms with Gasteiger partial charge in [-0.1, -0.05) is 48.0 Å². The predicted molar refractivity (Wildman–Crippen MR) is 101 cm³/mol. The first-order chi connectivity index (χ1) is 11.9. The lowest BCUT2D eigenvalue weighted by atomic mass is 10.1. The molecule has 0 bridgehead atoms. The Hall–Kier alpha value is -2.05. The monoisotopic (exact) mass is 380 g/mol. The Labute approximate surface area is 153 Å². The van der Waals surface area contributed by atoms with E-state index in [-0.39, 0.29) is 18.9 Å². The number of carbonyl (C=O) groups is 1. The Morgan fingerprint density at radius 2 is 1.84 bits per heavy atom. The van der Waals surface area contributed by atoms with E-state index >= 15 is 0 Å². The van der Waals surface area contributed by atoms with E-state index in [1.807, 2.05) is 30.3 Å². The SMILES string of the molecule is CS(=O)(=O)N(CCC(=O)NCCc1ccccc1)c1cccc(Cl)c1. The molecule has 2 rings (SSSR count). The average molecular weight is 381 g/mol. The second-order valence-corrected chi connectivity index (χ2v) is 7.99. The summed E-state index contributed by atoms with van der Waals surface area (Å²) < 4.78 is 25.2. The molecule has 1 N–H and O–H groups in total. The summed E-state index contributed by atoms with van der Waals surface area (Å²) in [6.45, 7) is 0.579. The number of hydrogen-bond donors (Lipinski definition) is 1. The highest BCUT2D eigenvalue weighted by Gasteiger charge is 2.18. The number of benzene rings is 2. The molecule has 0 aliphatic carbocycles. The largest absolute Gasteiger partial charge is 0.356 e. The quantitative estimate of drug-likeness (QED) is 0.765. The number of amides is 1. The van der Waals surface area contributed by atoms with Crippen LogP contribution in [0.1, 0.15) is 12.0 Å². The van der Waals surface area contributed by atoms with Crippen LogP contribution < -0.4 is 9.62 Å². The van der Waals surface area contributed by atoms with E-state index in [0.29, 0.717) is 17.3 Å². The molecule has 0 aromatic heterocycles. The molecule has 0 spiro atoms. The Morgan fingerprint density at radius 1 is 1.12 bits per heavy atom. The Kier molecular flexibility index (Phi) is 6.84. The number of hydrogen-bond acceptors (Lipinski definition) is 3. The molecule has 134 valence electrons. The fourth-order valence-electron chi connectivity index (χ4n) is 2.40. The second kappa shape index (κ2) is 8.87. The summed E-state index contributed by atoms with van der Waals surface area (Å²) in [5.41, 5.74) is 1.59. The third-order valence-corrected chi connectivity index (χ3v) is 5.05. The van der Waals surface area contributed by atoms with Gasteiger partial charge in [0.15, 0.2) is 0 Å². The number of rotatable bonds is 8. The van der Waals surface area contributed by atoms with E-state index in [9.17, 15) is 13.2 Å². The maximum absolute atomic E-state index is 12.0. The summed E-state index contributed by atoms with van der Waals surface area (Å²) in [6.07, 6.45) is 1.92. The summed E-state index contributed by atoms with van der Waals surface area (Å²) >= 11 is 5.93. The standard InChI is InChI=1S/C18H21ClN2O3S/c1-25(23,24)21(17-9-5-8-16(19)14-17)13-11-18(22)20-12-10-15-6-3-2-4-7-15/h2-9,14H,10-13H2,1H3,(H,20,22). The molecule has 2 aromatic rings. The number of sulfonamides is 1. The highest BCUT2D eigenvalue weighted by Crippen LogP contribution is 2.21. The Bertz CT molecular complexity index is 810. The van der Waals surface area contributed by atoms with Gasteiger partial charge in [-0.2, -0.15) is 0 Å². The molecule has 7 heteroatoms. The third kappa shape index (κ3) is 6.40. The van der Waals surface area contributed by atoms with Gasteiger partial charge >= 0.3 is 0 Å². The molecule has 2 aromatic carbocycles. The maximum Gasteiger partial charge on any atom is 0.232 e. The first-order valence-corrected chi connectivity index (χ1v) is 10.1.